The van der Waals surface area contributed by atoms with E-state index in [-0.39, 0.29) is 6.10 Å². The molecule has 124 valence electrons. The summed E-state index contributed by atoms with van der Waals surface area (Å²) in [7, 11) is 0. The zero-order valence-electron chi connectivity index (χ0n) is 12.7. The highest BCUT2D eigenvalue weighted by atomic mass is 32.2. The minimum atomic E-state index is -0.927. The van der Waals surface area contributed by atoms with Gasteiger partial charge in [-0.1, -0.05) is 42.4 Å². The number of rotatable bonds is 4. The van der Waals surface area contributed by atoms with Crippen molar-refractivity contribution in [1.82, 2.24) is 0 Å². The fourth-order valence-electron chi connectivity index (χ4n) is 2.84. The first-order valence-corrected chi connectivity index (χ1v) is 8.60. The molecule has 23 heavy (non-hydrogen) atoms. The summed E-state index contributed by atoms with van der Waals surface area (Å²) in [6.45, 7) is 2.31. The molecule has 1 N–H and O–H groups in total. The summed E-state index contributed by atoms with van der Waals surface area (Å²) in [4.78, 5) is 2.84. The van der Waals surface area contributed by atoms with Gasteiger partial charge in [-0.05, 0) is 11.3 Å². The van der Waals surface area contributed by atoms with E-state index in [4.69, 9.17) is 19.7 Å². The average Bonchev–Trinajstić information content (AvgIpc) is 2.59. The maximum absolute atomic E-state index is 10.6. The molecule has 2 fully saturated rings. The summed E-state index contributed by atoms with van der Waals surface area (Å²) in [5.74, 6) is 0.792. The Balaban J connectivity index is 1.77. The quantitative estimate of drug-likeness (QED) is 0.517. The van der Waals surface area contributed by atoms with Gasteiger partial charge in [0.1, 0.15) is 23.7 Å². The molecule has 2 heterocycles. The van der Waals surface area contributed by atoms with Crippen molar-refractivity contribution in [1.29, 1.82) is 0 Å². The molecule has 0 amide bonds. The Labute approximate surface area is 138 Å². The van der Waals surface area contributed by atoms with Crippen molar-refractivity contribution in [2.24, 2.45) is 5.11 Å². The van der Waals surface area contributed by atoms with Gasteiger partial charge >= 0.3 is 0 Å². The van der Waals surface area contributed by atoms with Gasteiger partial charge in [-0.25, -0.2) is 0 Å². The molecule has 7 nitrogen and oxygen atoms in total. The number of aliphatic hydroxyl groups is 1. The standard InChI is InChI=1S/C15H19N3O4S/c1-2-23-15-11(17-18-16)12(19)13-10(21-15)8-20-14(22-13)9-6-4-3-5-7-9/h3-7,10-15,19H,2,8H2,1H3/t10?,11?,12-,13-,14?,15+/m1/s1. The predicted molar refractivity (Wildman–Crippen MR) is 85.7 cm³/mol. The second kappa shape index (κ2) is 7.53. The third-order valence-electron chi connectivity index (χ3n) is 3.92. The topological polar surface area (TPSA) is 96.7 Å². The Morgan fingerprint density at radius 1 is 1.35 bits per heavy atom. The van der Waals surface area contributed by atoms with Gasteiger partial charge in [0.05, 0.1) is 12.7 Å². The fraction of sp³-hybridized carbons (Fsp3) is 0.600. The number of azide groups is 1. The Bertz CT molecular complexity index is 569. The lowest BCUT2D eigenvalue weighted by molar-refractivity contribution is -0.305. The van der Waals surface area contributed by atoms with Crippen molar-refractivity contribution < 1.29 is 19.3 Å². The third kappa shape index (κ3) is 3.47. The van der Waals surface area contributed by atoms with Crippen molar-refractivity contribution in [3.8, 4) is 0 Å². The SMILES string of the molecule is CCS[C@@H]1OC2COC(c3ccccc3)O[C@H]2[C@H](O)C1N=[N+]=[N-]. The van der Waals surface area contributed by atoms with E-state index in [1.807, 2.05) is 37.3 Å². The lowest BCUT2D eigenvalue weighted by atomic mass is 9.97. The van der Waals surface area contributed by atoms with Crippen LogP contribution in [0.25, 0.3) is 10.4 Å². The van der Waals surface area contributed by atoms with Crippen LogP contribution in [-0.2, 0) is 14.2 Å². The Kier molecular flexibility index (Phi) is 5.42. The van der Waals surface area contributed by atoms with Crippen molar-refractivity contribution in [3.05, 3.63) is 46.3 Å². The minimum Gasteiger partial charge on any atom is -0.390 e. The molecule has 2 saturated heterocycles. The molecule has 3 rings (SSSR count). The van der Waals surface area contributed by atoms with Crippen LogP contribution in [0.15, 0.2) is 35.4 Å². The zero-order valence-corrected chi connectivity index (χ0v) is 13.5. The fourth-order valence-corrected chi connectivity index (χ4v) is 3.80. The molecule has 1 aromatic carbocycles. The summed E-state index contributed by atoms with van der Waals surface area (Å²) in [6, 6.07) is 8.85. The van der Waals surface area contributed by atoms with E-state index in [0.29, 0.717) is 6.61 Å². The number of hydrogen-bond acceptors (Lipinski definition) is 6. The van der Waals surface area contributed by atoms with Crippen molar-refractivity contribution in [2.75, 3.05) is 12.4 Å². The maximum Gasteiger partial charge on any atom is 0.184 e. The molecule has 6 atom stereocenters. The highest BCUT2D eigenvalue weighted by Gasteiger charge is 2.49. The van der Waals surface area contributed by atoms with E-state index < -0.39 is 30.0 Å². The highest BCUT2D eigenvalue weighted by Crippen LogP contribution is 2.37. The normalized spacial score (nSPS) is 36.8. The van der Waals surface area contributed by atoms with Gasteiger partial charge in [-0.3, -0.25) is 0 Å². The van der Waals surface area contributed by atoms with Crippen LogP contribution in [0, 0.1) is 0 Å². The van der Waals surface area contributed by atoms with Crippen LogP contribution in [-0.4, -0.2) is 47.3 Å². The average molecular weight is 337 g/mol. The number of benzene rings is 1. The molecule has 0 spiro atoms. The second-order valence-corrected chi connectivity index (χ2v) is 6.74. The van der Waals surface area contributed by atoms with Crippen LogP contribution in [0.3, 0.4) is 0 Å². The van der Waals surface area contributed by atoms with Crippen LogP contribution in [0.5, 0.6) is 0 Å². The number of ether oxygens (including phenoxy) is 3. The second-order valence-electron chi connectivity index (χ2n) is 5.36. The minimum absolute atomic E-state index is 0.324. The Morgan fingerprint density at radius 3 is 2.83 bits per heavy atom. The Morgan fingerprint density at radius 2 is 2.13 bits per heavy atom. The monoisotopic (exact) mass is 337 g/mol. The third-order valence-corrected chi connectivity index (χ3v) is 4.97. The summed E-state index contributed by atoms with van der Waals surface area (Å²) in [6.07, 6.45) is -2.45. The molecule has 2 aliphatic heterocycles. The summed E-state index contributed by atoms with van der Waals surface area (Å²) in [5, 5.41) is 14.3. The highest BCUT2D eigenvalue weighted by molar-refractivity contribution is 7.99. The zero-order chi connectivity index (χ0) is 16.2. The van der Waals surface area contributed by atoms with Gasteiger partial charge in [0.15, 0.2) is 6.29 Å². The van der Waals surface area contributed by atoms with Crippen molar-refractivity contribution in [2.45, 2.75) is 43.0 Å². The summed E-state index contributed by atoms with van der Waals surface area (Å²) in [5.41, 5.74) is 9.25. The molecule has 8 heteroatoms. The van der Waals surface area contributed by atoms with E-state index in [9.17, 15) is 5.11 Å². The van der Waals surface area contributed by atoms with Crippen molar-refractivity contribution in [3.63, 3.8) is 0 Å². The molecule has 0 aromatic heterocycles. The largest absolute Gasteiger partial charge is 0.390 e. The Hall–Kier alpha value is -1.28. The molecule has 0 aliphatic carbocycles. The smallest absolute Gasteiger partial charge is 0.184 e. The molecule has 1 aromatic rings. The van der Waals surface area contributed by atoms with Crippen LogP contribution in [0.1, 0.15) is 18.8 Å². The van der Waals surface area contributed by atoms with Crippen LogP contribution in [0.4, 0.5) is 0 Å². The number of fused-ring (bicyclic) bond motifs is 1. The summed E-state index contributed by atoms with van der Waals surface area (Å²) >= 11 is 1.50. The van der Waals surface area contributed by atoms with E-state index in [0.717, 1.165) is 11.3 Å². The first kappa shape index (κ1) is 16.6. The first-order valence-electron chi connectivity index (χ1n) is 7.56. The van der Waals surface area contributed by atoms with E-state index in [1.165, 1.54) is 11.8 Å². The molecule has 0 saturated carbocycles. The van der Waals surface area contributed by atoms with Gasteiger partial charge in [-0.2, -0.15) is 0 Å². The van der Waals surface area contributed by atoms with E-state index in [1.54, 1.807) is 0 Å². The number of nitrogens with zero attached hydrogens (tertiary/aromatic N) is 3. The van der Waals surface area contributed by atoms with Crippen LogP contribution in [0.2, 0.25) is 0 Å². The van der Waals surface area contributed by atoms with Gasteiger partial charge < -0.3 is 19.3 Å². The summed E-state index contributed by atoms with van der Waals surface area (Å²) < 4.78 is 17.6. The van der Waals surface area contributed by atoms with E-state index >= 15 is 0 Å². The lowest BCUT2D eigenvalue weighted by Crippen LogP contribution is -2.60. The predicted octanol–water partition coefficient (Wildman–Crippen LogP) is 2.62. The van der Waals surface area contributed by atoms with Gasteiger partial charge in [0, 0.05) is 10.5 Å². The van der Waals surface area contributed by atoms with Crippen LogP contribution >= 0.6 is 11.8 Å². The van der Waals surface area contributed by atoms with Crippen LogP contribution < -0.4 is 0 Å². The molecular formula is C15H19N3O4S. The number of hydrogen-bond donors (Lipinski definition) is 1. The van der Waals surface area contributed by atoms with Gasteiger partial charge in [0.25, 0.3) is 0 Å². The molecule has 0 radical (unpaired) electrons. The molecule has 3 unspecified atom stereocenters. The number of thioether (sulfide) groups is 1. The van der Waals surface area contributed by atoms with E-state index in [2.05, 4.69) is 10.0 Å². The first-order chi connectivity index (χ1) is 11.2. The van der Waals surface area contributed by atoms with Gasteiger partial charge in [-0.15, -0.1) is 11.8 Å². The molecular weight excluding hydrogens is 318 g/mol. The molecule has 0 bridgehead atoms. The number of aliphatic hydroxyl groups excluding tert-OH is 1. The maximum atomic E-state index is 10.6. The molecule has 2 aliphatic rings. The lowest BCUT2D eigenvalue weighted by Gasteiger charge is -2.46. The van der Waals surface area contributed by atoms with Gasteiger partial charge in [0.2, 0.25) is 0 Å². The van der Waals surface area contributed by atoms with Crippen molar-refractivity contribution >= 4 is 11.8 Å².